The number of benzene rings is 1. The normalized spacial score (nSPS) is 14.4. The number of halogens is 1. The van der Waals surface area contributed by atoms with Gasteiger partial charge in [0.25, 0.3) is 0 Å². The molecule has 1 aliphatic rings. The van der Waals surface area contributed by atoms with Crippen molar-refractivity contribution in [1.82, 2.24) is 14.9 Å². The number of amides is 1. The summed E-state index contributed by atoms with van der Waals surface area (Å²) in [5.74, 6) is 0.957. The maximum Gasteiger partial charge on any atom is 0.243 e. The lowest BCUT2D eigenvalue weighted by Gasteiger charge is -2.21. The second kappa shape index (κ2) is 8.65. The van der Waals surface area contributed by atoms with Crippen LogP contribution in [-0.2, 0) is 11.3 Å². The Balaban J connectivity index is 1.59. The lowest BCUT2D eigenvalue weighted by molar-refractivity contribution is -0.114. The number of thiophene rings is 1. The van der Waals surface area contributed by atoms with E-state index in [2.05, 4.69) is 24.1 Å². The maximum atomic E-state index is 13.4. The van der Waals surface area contributed by atoms with Gasteiger partial charge in [0.05, 0.1) is 18.5 Å². The van der Waals surface area contributed by atoms with Gasteiger partial charge in [0.15, 0.2) is 0 Å². The molecule has 6 nitrogen and oxygen atoms in total. The van der Waals surface area contributed by atoms with Crippen molar-refractivity contribution in [1.29, 1.82) is 0 Å². The van der Waals surface area contributed by atoms with Crippen molar-refractivity contribution in [2.45, 2.75) is 33.2 Å². The van der Waals surface area contributed by atoms with Crippen LogP contribution in [0.25, 0.3) is 10.2 Å². The van der Waals surface area contributed by atoms with Gasteiger partial charge in [-0.25, -0.2) is 14.4 Å². The van der Waals surface area contributed by atoms with Crippen LogP contribution in [0.4, 0.5) is 15.9 Å². The molecule has 1 amide bonds. The van der Waals surface area contributed by atoms with E-state index >= 15 is 0 Å². The summed E-state index contributed by atoms with van der Waals surface area (Å²) in [7, 11) is 1.86. The number of aromatic nitrogens is 2. The van der Waals surface area contributed by atoms with E-state index < -0.39 is 0 Å². The molecule has 0 aliphatic carbocycles. The minimum absolute atomic E-state index is 0.111. The van der Waals surface area contributed by atoms with Crippen molar-refractivity contribution < 1.29 is 9.18 Å². The molecular weight excluding hydrogens is 401 g/mol. The van der Waals surface area contributed by atoms with Crippen LogP contribution in [-0.4, -0.2) is 47.5 Å². The highest BCUT2D eigenvalue weighted by atomic mass is 32.1. The molecular formula is C22H26FN5OS. The molecule has 158 valence electrons. The number of hydrogen-bond donors (Lipinski definition) is 1. The number of carbonyl (C=O) groups is 1. The molecule has 3 aromatic rings. The molecule has 8 heteroatoms. The zero-order chi connectivity index (χ0) is 21.3. The minimum Gasteiger partial charge on any atom is -0.350 e. The second-order valence-electron chi connectivity index (χ2n) is 7.82. The summed E-state index contributed by atoms with van der Waals surface area (Å²) < 4.78 is 13.4. The highest BCUT2D eigenvalue weighted by Crippen LogP contribution is 2.35. The summed E-state index contributed by atoms with van der Waals surface area (Å²) in [6.07, 6.45) is 2.43. The molecule has 1 N–H and O–H groups in total. The summed E-state index contributed by atoms with van der Waals surface area (Å²) in [4.78, 5) is 28.6. The van der Waals surface area contributed by atoms with Crippen molar-refractivity contribution in [3.63, 3.8) is 0 Å². The van der Waals surface area contributed by atoms with Gasteiger partial charge in [-0.15, -0.1) is 11.3 Å². The Bertz CT molecular complexity index is 1080. The predicted octanol–water partition coefficient (Wildman–Crippen LogP) is 4.12. The van der Waals surface area contributed by atoms with E-state index in [0.29, 0.717) is 5.69 Å². The first-order valence-electron chi connectivity index (χ1n) is 10.2. The van der Waals surface area contributed by atoms with Crippen LogP contribution in [0.5, 0.6) is 0 Å². The fraction of sp³-hybridized carbons (Fsp3) is 0.409. The highest BCUT2D eigenvalue weighted by Gasteiger charge is 2.21. The number of aryl methyl sites for hydroxylation is 2. The smallest absolute Gasteiger partial charge is 0.243 e. The van der Waals surface area contributed by atoms with Gasteiger partial charge < -0.3 is 10.2 Å². The Hall–Kier alpha value is -2.58. The number of nitrogens with zero attached hydrogens (tertiary/aromatic N) is 4. The van der Waals surface area contributed by atoms with E-state index in [1.54, 1.807) is 23.5 Å². The van der Waals surface area contributed by atoms with E-state index in [4.69, 9.17) is 9.97 Å². The van der Waals surface area contributed by atoms with Gasteiger partial charge in [0.1, 0.15) is 22.3 Å². The number of likely N-dealkylation sites (tertiary alicyclic amines) is 1. The van der Waals surface area contributed by atoms with Crippen molar-refractivity contribution in [2.24, 2.45) is 0 Å². The zero-order valence-corrected chi connectivity index (χ0v) is 18.4. The molecule has 0 spiro atoms. The first-order chi connectivity index (χ1) is 14.4. The fourth-order valence-electron chi connectivity index (χ4n) is 3.82. The molecule has 1 aromatic carbocycles. The van der Waals surface area contributed by atoms with Gasteiger partial charge in [0.2, 0.25) is 5.91 Å². The van der Waals surface area contributed by atoms with E-state index in [1.807, 2.05) is 11.9 Å². The van der Waals surface area contributed by atoms with Gasteiger partial charge >= 0.3 is 0 Å². The van der Waals surface area contributed by atoms with Crippen LogP contribution < -0.4 is 10.2 Å². The Morgan fingerprint density at radius 1 is 1.27 bits per heavy atom. The Labute approximate surface area is 179 Å². The monoisotopic (exact) mass is 427 g/mol. The van der Waals surface area contributed by atoms with Crippen LogP contribution in [0.15, 0.2) is 24.3 Å². The molecule has 0 atom stereocenters. The molecule has 1 aliphatic heterocycles. The number of carbonyl (C=O) groups excluding carboxylic acids is 1. The van der Waals surface area contributed by atoms with Crippen LogP contribution in [0.3, 0.4) is 0 Å². The highest BCUT2D eigenvalue weighted by molar-refractivity contribution is 7.18. The van der Waals surface area contributed by atoms with Crippen molar-refractivity contribution in [3.8, 4) is 0 Å². The summed E-state index contributed by atoms with van der Waals surface area (Å²) >= 11 is 1.67. The van der Waals surface area contributed by atoms with Gasteiger partial charge in [0, 0.05) is 17.6 Å². The van der Waals surface area contributed by atoms with Crippen LogP contribution in [0, 0.1) is 19.7 Å². The molecule has 4 rings (SSSR count). The topological polar surface area (TPSA) is 61.4 Å². The average Bonchev–Trinajstić information content (AvgIpc) is 3.29. The van der Waals surface area contributed by atoms with Crippen LogP contribution >= 0.6 is 11.3 Å². The molecule has 2 aromatic heterocycles. The van der Waals surface area contributed by atoms with Gasteiger partial charge in [-0.3, -0.25) is 9.69 Å². The second-order valence-corrected chi connectivity index (χ2v) is 9.03. The van der Waals surface area contributed by atoms with Crippen molar-refractivity contribution in [3.05, 3.63) is 46.3 Å². The summed E-state index contributed by atoms with van der Waals surface area (Å²) in [6.45, 7) is 7.14. The van der Waals surface area contributed by atoms with Crippen molar-refractivity contribution >= 4 is 39.0 Å². The zero-order valence-electron chi connectivity index (χ0n) is 17.5. The number of rotatable bonds is 6. The molecule has 1 fully saturated rings. The number of anilines is 2. The lowest BCUT2D eigenvalue weighted by Crippen LogP contribution is -2.31. The predicted molar refractivity (Wildman–Crippen MR) is 120 cm³/mol. The number of hydrogen-bond acceptors (Lipinski definition) is 6. The third-order valence-electron chi connectivity index (χ3n) is 5.47. The molecule has 3 heterocycles. The average molecular weight is 428 g/mol. The largest absolute Gasteiger partial charge is 0.350 e. The van der Waals surface area contributed by atoms with E-state index in [-0.39, 0.29) is 18.3 Å². The van der Waals surface area contributed by atoms with Crippen molar-refractivity contribution in [2.75, 3.05) is 36.9 Å². The summed E-state index contributed by atoms with van der Waals surface area (Å²) in [6, 6.07) is 5.90. The number of fused-ring (bicyclic) bond motifs is 1. The van der Waals surface area contributed by atoms with E-state index in [9.17, 15) is 9.18 Å². The van der Waals surface area contributed by atoms with Crippen LogP contribution in [0.2, 0.25) is 0 Å². The summed E-state index contributed by atoms with van der Waals surface area (Å²) in [5, 5.41) is 3.76. The van der Waals surface area contributed by atoms with Gasteiger partial charge in [-0.2, -0.15) is 0 Å². The quantitative estimate of drug-likeness (QED) is 0.641. The van der Waals surface area contributed by atoms with E-state index in [0.717, 1.165) is 47.1 Å². The third-order valence-corrected chi connectivity index (χ3v) is 6.57. The Morgan fingerprint density at radius 3 is 2.77 bits per heavy atom. The maximum absolute atomic E-state index is 13.4. The molecule has 0 bridgehead atoms. The minimum atomic E-state index is -0.380. The van der Waals surface area contributed by atoms with Crippen LogP contribution in [0.1, 0.15) is 29.1 Å². The Kier molecular flexibility index (Phi) is 5.97. The molecule has 1 saturated heterocycles. The Morgan fingerprint density at radius 2 is 2.03 bits per heavy atom. The van der Waals surface area contributed by atoms with E-state index in [1.165, 1.54) is 29.9 Å². The fourth-order valence-corrected chi connectivity index (χ4v) is 4.86. The standard InChI is InChI=1S/C22H26FN5OS/c1-14-15(2)30-22-20(14)21(25-18(26-22)12-28-9-4-5-10-28)27(3)13-19(29)24-17-8-6-7-16(23)11-17/h6-8,11H,4-5,9-10,12-13H2,1-3H3,(H,24,29). The SMILES string of the molecule is Cc1sc2nc(CN3CCCC3)nc(N(C)CC(=O)Nc3cccc(F)c3)c2c1C. The van der Waals surface area contributed by atoms with Gasteiger partial charge in [-0.1, -0.05) is 6.07 Å². The first-order valence-corrected chi connectivity index (χ1v) is 11.0. The first kappa shape index (κ1) is 20.7. The number of nitrogens with one attached hydrogen (secondary N) is 1. The molecule has 0 saturated carbocycles. The third kappa shape index (κ3) is 4.44. The summed E-state index contributed by atoms with van der Waals surface area (Å²) in [5.41, 5.74) is 1.59. The molecule has 30 heavy (non-hydrogen) atoms. The molecule has 0 unspecified atom stereocenters. The number of likely N-dealkylation sites (N-methyl/N-ethyl adjacent to an activating group) is 1. The molecule has 0 radical (unpaired) electrons. The lowest BCUT2D eigenvalue weighted by atomic mass is 10.2. The van der Waals surface area contributed by atoms with Gasteiger partial charge in [-0.05, 0) is 63.5 Å².